The lowest BCUT2D eigenvalue weighted by molar-refractivity contribution is 0.384. The lowest BCUT2D eigenvalue weighted by Gasteiger charge is -2.23. The molecule has 1 aliphatic rings. The summed E-state index contributed by atoms with van der Waals surface area (Å²) in [7, 11) is 0. The summed E-state index contributed by atoms with van der Waals surface area (Å²) in [6.07, 6.45) is 9.28. The van der Waals surface area contributed by atoms with Crippen LogP contribution in [0.25, 0.3) is 0 Å². The van der Waals surface area contributed by atoms with Crippen molar-refractivity contribution in [2.75, 3.05) is 0 Å². The fraction of sp³-hybridized carbons (Fsp3) is 0.692. The zero-order valence-electron chi connectivity index (χ0n) is 8.94. The molecular formula is C13H22. The summed E-state index contributed by atoms with van der Waals surface area (Å²) in [4.78, 5) is 0. The predicted molar refractivity (Wildman–Crippen MR) is 59.8 cm³/mol. The van der Waals surface area contributed by atoms with Gasteiger partial charge in [0.15, 0.2) is 0 Å². The van der Waals surface area contributed by atoms with Crippen LogP contribution in [0.3, 0.4) is 0 Å². The van der Waals surface area contributed by atoms with Crippen LogP contribution in [0.2, 0.25) is 0 Å². The van der Waals surface area contributed by atoms with Crippen molar-refractivity contribution in [2.24, 2.45) is 5.92 Å². The summed E-state index contributed by atoms with van der Waals surface area (Å²) in [6, 6.07) is 0. The largest absolute Gasteiger partial charge is 0.100 e. The van der Waals surface area contributed by atoms with Crippen LogP contribution < -0.4 is 0 Å². The summed E-state index contributed by atoms with van der Waals surface area (Å²) in [5.74, 6) is 0.931. The molecule has 1 aliphatic carbocycles. The molecule has 0 amide bonds. The van der Waals surface area contributed by atoms with Crippen molar-refractivity contribution in [3.63, 3.8) is 0 Å². The number of allylic oxidation sites excluding steroid dienone is 2. The topological polar surface area (TPSA) is 0 Å². The second-order valence-corrected chi connectivity index (χ2v) is 4.56. The van der Waals surface area contributed by atoms with Crippen LogP contribution in [-0.4, -0.2) is 0 Å². The second kappa shape index (κ2) is 5.26. The van der Waals surface area contributed by atoms with E-state index in [0.717, 1.165) is 5.92 Å². The van der Waals surface area contributed by atoms with Gasteiger partial charge in [-0.05, 0) is 57.8 Å². The molecule has 0 spiro atoms. The summed E-state index contributed by atoms with van der Waals surface area (Å²) in [5, 5.41) is 0. The lowest BCUT2D eigenvalue weighted by atomic mass is 9.83. The van der Waals surface area contributed by atoms with Crippen LogP contribution in [0, 0.1) is 5.92 Å². The molecule has 0 heterocycles. The first-order valence-electron chi connectivity index (χ1n) is 5.49. The lowest BCUT2D eigenvalue weighted by Crippen LogP contribution is -2.07. The van der Waals surface area contributed by atoms with Crippen molar-refractivity contribution in [3.8, 4) is 0 Å². The third-order valence-electron chi connectivity index (χ3n) is 2.94. The highest BCUT2D eigenvalue weighted by Crippen LogP contribution is 2.30. The third-order valence-corrected chi connectivity index (χ3v) is 2.94. The number of hydrogen-bond donors (Lipinski definition) is 0. The Morgan fingerprint density at radius 2 is 2.31 bits per heavy atom. The van der Waals surface area contributed by atoms with Crippen LogP contribution >= 0.6 is 0 Å². The van der Waals surface area contributed by atoms with E-state index in [2.05, 4.69) is 20.1 Å². The first kappa shape index (κ1) is 10.6. The molecule has 1 fully saturated rings. The fourth-order valence-corrected chi connectivity index (χ4v) is 2.19. The summed E-state index contributed by atoms with van der Waals surface area (Å²) in [5.41, 5.74) is 2.81. The average molecular weight is 178 g/mol. The molecule has 1 saturated carbocycles. The van der Waals surface area contributed by atoms with E-state index in [-0.39, 0.29) is 0 Å². The molecule has 0 heteroatoms. The molecule has 0 radical (unpaired) electrons. The Hall–Kier alpha value is -0.520. The van der Waals surface area contributed by atoms with Gasteiger partial charge in [0.05, 0.1) is 0 Å². The van der Waals surface area contributed by atoms with Gasteiger partial charge in [-0.3, -0.25) is 0 Å². The zero-order chi connectivity index (χ0) is 9.68. The van der Waals surface area contributed by atoms with Gasteiger partial charge in [-0.1, -0.05) is 17.7 Å². The Morgan fingerprint density at radius 3 is 2.92 bits per heavy atom. The predicted octanol–water partition coefficient (Wildman–Crippen LogP) is 4.48. The molecule has 0 aromatic carbocycles. The van der Waals surface area contributed by atoms with E-state index in [9.17, 15) is 0 Å². The maximum atomic E-state index is 4.09. The van der Waals surface area contributed by atoms with E-state index in [0.29, 0.717) is 0 Å². The monoisotopic (exact) mass is 178 g/mol. The van der Waals surface area contributed by atoms with Crippen molar-refractivity contribution in [3.05, 3.63) is 24.3 Å². The summed E-state index contributed by atoms with van der Waals surface area (Å²) >= 11 is 0. The molecule has 1 atom stereocenters. The molecule has 0 nitrogen and oxygen atoms in total. The Balaban J connectivity index is 2.13. The quantitative estimate of drug-likeness (QED) is 0.557. The summed E-state index contributed by atoms with van der Waals surface area (Å²) in [6.45, 7) is 10.2. The van der Waals surface area contributed by atoms with Gasteiger partial charge in [0.2, 0.25) is 0 Å². The van der Waals surface area contributed by atoms with Gasteiger partial charge < -0.3 is 0 Å². The maximum absolute atomic E-state index is 4.09. The van der Waals surface area contributed by atoms with E-state index in [1.807, 2.05) is 0 Å². The molecule has 0 aromatic rings. The Morgan fingerprint density at radius 1 is 1.54 bits per heavy atom. The van der Waals surface area contributed by atoms with Crippen LogP contribution in [0.15, 0.2) is 24.3 Å². The Bertz CT molecular complexity index is 188. The van der Waals surface area contributed by atoms with E-state index in [4.69, 9.17) is 0 Å². The minimum atomic E-state index is 0.931. The second-order valence-electron chi connectivity index (χ2n) is 4.56. The van der Waals surface area contributed by atoms with Crippen molar-refractivity contribution >= 4 is 0 Å². The van der Waals surface area contributed by atoms with E-state index in [1.54, 1.807) is 0 Å². The average Bonchev–Trinajstić information content (AvgIpc) is 2.03. The molecule has 0 aliphatic heterocycles. The fourth-order valence-electron chi connectivity index (χ4n) is 2.19. The van der Waals surface area contributed by atoms with Gasteiger partial charge >= 0.3 is 0 Å². The molecule has 0 saturated heterocycles. The third kappa shape index (κ3) is 4.31. The minimum Gasteiger partial charge on any atom is -0.100 e. The van der Waals surface area contributed by atoms with Crippen molar-refractivity contribution in [2.45, 2.75) is 51.9 Å². The Kier molecular flexibility index (Phi) is 4.27. The molecule has 1 unspecified atom stereocenters. The molecule has 1 rings (SSSR count). The van der Waals surface area contributed by atoms with Crippen LogP contribution in [0.4, 0.5) is 0 Å². The van der Waals surface area contributed by atoms with Gasteiger partial charge in [0, 0.05) is 0 Å². The Labute approximate surface area is 82.7 Å². The van der Waals surface area contributed by atoms with Gasteiger partial charge in [0.25, 0.3) is 0 Å². The molecule has 0 bridgehead atoms. The smallest absolute Gasteiger partial charge is 0.0294 e. The van der Waals surface area contributed by atoms with Gasteiger partial charge in [-0.15, -0.1) is 6.58 Å². The van der Waals surface area contributed by atoms with Gasteiger partial charge in [-0.2, -0.15) is 0 Å². The SMILES string of the molecule is C=C(C)CCCC1CCCC(=C)C1. The number of hydrogen-bond acceptors (Lipinski definition) is 0. The normalized spacial score (nSPS) is 23.2. The highest BCUT2D eigenvalue weighted by atomic mass is 14.2. The maximum Gasteiger partial charge on any atom is -0.0294 e. The molecule has 74 valence electrons. The van der Waals surface area contributed by atoms with E-state index < -0.39 is 0 Å². The van der Waals surface area contributed by atoms with Crippen LogP contribution in [-0.2, 0) is 0 Å². The molecule has 0 N–H and O–H groups in total. The van der Waals surface area contributed by atoms with Crippen LogP contribution in [0.5, 0.6) is 0 Å². The minimum absolute atomic E-state index is 0.931. The first-order valence-corrected chi connectivity index (χ1v) is 5.49. The first-order chi connectivity index (χ1) is 6.18. The van der Waals surface area contributed by atoms with Crippen molar-refractivity contribution < 1.29 is 0 Å². The van der Waals surface area contributed by atoms with E-state index in [1.165, 1.54) is 56.1 Å². The highest BCUT2D eigenvalue weighted by molar-refractivity contribution is 4.99. The van der Waals surface area contributed by atoms with Gasteiger partial charge in [-0.25, -0.2) is 0 Å². The molecular weight excluding hydrogens is 156 g/mol. The zero-order valence-corrected chi connectivity index (χ0v) is 8.94. The van der Waals surface area contributed by atoms with E-state index >= 15 is 0 Å². The summed E-state index contributed by atoms with van der Waals surface area (Å²) < 4.78 is 0. The molecule has 13 heavy (non-hydrogen) atoms. The molecule has 0 aromatic heterocycles. The van der Waals surface area contributed by atoms with Crippen molar-refractivity contribution in [1.82, 2.24) is 0 Å². The van der Waals surface area contributed by atoms with Crippen LogP contribution in [0.1, 0.15) is 51.9 Å². The number of rotatable bonds is 4. The highest BCUT2D eigenvalue weighted by Gasteiger charge is 2.14. The standard InChI is InChI=1S/C13H22/c1-11(2)6-4-8-13-9-5-7-12(3)10-13/h13H,1,3-10H2,2H3. The van der Waals surface area contributed by atoms with Gasteiger partial charge in [0.1, 0.15) is 0 Å². The van der Waals surface area contributed by atoms with Crippen molar-refractivity contribution in [1.29, 1.82) is 0 Å².